The fraction of sp³-hybridized carbons (Fsp3) is 0.719. The van der Waals surface area contributed by atoms with Gasteiger partial charge in [-0.15, -0.1) is 17.0 Å². The Hall–Kier alpha value is -1.69. The van der Waals surface area contributed by atoms with Crippen molar-refractivity contribution in [1.29, 1.82) is 0 Å². The quantitative estimate of drug-likeness (QED) is 0.311. The summed E-state index contributed by atoms with van der Waals surface area (Å²) in [6.07, 6.45) is 13.9. The molecular weight excluding hydrogens is 540 g/mol. The lowest BCUT2D eigenvalue weighted by atomic mass is 9.71. The average Bonchev–Trinajstić information content (AvgIpc) is 3.10. The molecule has 1 saturated heterocycles. The van der Waals surface area contributed by atoms with Gasteiger partial charge in [0, 0.05) is 38.7 Å². The molecule has 1 aliphatic heterocycles. The van der Waals surface area contributed by atoms with Crippen LogP contribution in [-0.2, 0) is 14.4 Å². The number of rotatable bonds is 7. The fourth-order valence-corrected chi connectivity index (χ4v) is 5.68. The van der Waals surface area contributed by atoms with Crippen molar-refractivity contribution in [2.75, 3.05) is 13.1 Å². The number of carbonyl (C=O) groups is 3. The lowest BCUT2D eigenvalue weighted by Crippen LogP contribution is -2.48. The Balaban J connectivity index is 0. The van der Waals surface area contributed by atoms with Crippen LogP contribution in [0, 0.1) is 40.9 Å². The van der Waals surface area contributed by atoms with E-state index in [1.807, 2.05) is 18.7 Å². The van der Waals surface area contributed by atoms with Crippen molar-refractivity contribution >= 4 is 34.6 Å². The van der Waals surface area contributed by atoms with Gasteiger partial charge in [0.25, 0.3) is 0 Å². The highest BCUT2D eigenvalue weighted by atomic mass is 79.9. The summed E-state index contributed by atoms with van der Waals surface area (Å²) in [7, 11) is 0. The maximum Gasteiger partial charge on any atom is 0.224 e. The molecule has 1 saturated carbocycles. The first-order chi connectivity index (χ1) is 16.3. The van der Waals surface area contributed by atoms with Crippen molar-refractivity contribution in [3.63, 3.8) is 0 Å². The van der Waals surface area contributed by atoms with Gasteiger partial charge in [0.05, 0.1) is 5.54 Å². The molecule has 5 unspecified atom stereocenters. The molecule has 2 fully saturated rings. The molecule has 4 rings (SSSR count). The molecule has 0 spiro atoms. The maximum absolute atomic E-state index is 13.1. The number of amides is 2. The number of hydrogen-bond acceptors (Lipinski definition) is 3. The molecular formula is C32H57BrN2O3. The van der Waals surface area contributed by atoms with Crippen molar-refractivity contribution in [2.24, 2.45) is 40.9 Å². The highest BCUT2D eigenvalue weighted by Crippen LogP contribution is 2.53. The van der Waals surface area contributed by atoms with Crippen LogP contribution in [0.2, 0.25) is 0 Å². The Morgan fingerprint density at radius 3 is 2.18 bits per heavy atom. The van der Waals surface area contributed by atoms with Gasteiger partial charge in [0.2, 0.25) is 11.8 Å². The Kier molecular flexibility index (Phi) is 13.5. The average molecular weight is 598 g/mol. The first-order valence-electron chi connectivity index (χ1n) is 13.5. The molecule has 6 heteroatoms. The van der Waals surface area contributed by atoms with Crippen LogP contribution in [0.5, 0.6) is 0 Å². The number of allylic oxidation sites excluding steroid dienone is 5. The van der Waals surface area contributed by atoms with E-state index in [0.717, 1.165) is 25.9 Å². The first kappa shape index (κ1) is 36.3. The summed E-state index contributed by atoms with van der Waals surface area (Å²) in [6.45, 7) is 17.7. The minimum Gasteiger partial charge on any atom is -0.347 e. The monoisotopic (exact) mass is 596 g/mol. The Morgan fingerprint density at radius 2 is 1.68 bits per heavy atom. The van der Waals surface area contributed by atoms with E-state index in [2.05, 4.69) is 70.3 Å². The first-order valence-corrected chi connectivity index (χ1v) is 13.5. The van der Waals surface area contributed by atoms with E-state index in [0.29, 0.717) is 30.1 Å². The van der Waals surface area contributed by atoms with Crippen LogP contribution >= 0.6 is 17.0 Å². The topological polar surface area (TPSA) is 66.5 Å². The highest BCUT2D eigenvalue weighted by molar-refractivity contribution is 8.93. The van der Waals surface area contributed by atoms with E-state index in [1.165, 1.54) is 5.57 Å². The van der Waals surface area contributed by atoms with Crippen molar-refractivity contribution < 1.29 is 15.8 Å². The summed E-state index contributed by atoms with van der Waals surface area (Å²) < 4.78 is 0. The number of nitrogens with one attached hydrogen (secondary N) is 1. The minimum atomic E-state index is -0.349. The van der Waals surface area contributed by atoms with E-state index in [4.69, 9.17) is 0 Å². The zero-order valence-electron chi connectivity index (χ0n) is 23.5. The van der Waals surface area contributed by atoms with E-state index in [-0.39, 0.29) is 73.6 Å². The van der Waals surface area contributed by atoms with Crippen LogP contribution in [0.15, 0.2) is 36.0 Å². The zero-order valence-corrected chi connectivity index (χ0v) is 25.2. The van der Waals surface area contributed by atoms with Gasteiger partial charge in [0.1, 0.15) is 5.78 Å². The summed E-state index contributed by atoms with van der Waals surface area (Å²) in [5.41, 5.74) is 1.11. The van der Waals surface area contributed by atoms with Gasteiger partial charge >= 0.3 is 0 Å². The molecule has 220 valence electrons. The number of piperidine rings is 1. The summed E-state index contributed by atoms with van der Waals surface area (Å²) in [5, 5.41) is 3.36. The van der Waals surface area contributed by atoms with Gasteiger partial charge in [-0.05, 0) is 55.9 Å². The highest BCUT2D eigenvalue weighted by Gasteiger charge is 2.60. The number of fused-ring (bicyclic) bond motifs is 2. The summed E-state index contributed by atoms with van der Waals surface area (Å²) >= 11 is 0. The summed E-state index contributed by atoms with van der Waals surface area (Å²) in [5.74, 6) is 2.49. The van der Waals surface area contributed by atoms with Crippen LogP contribution in [0.4, 0.5) is 0 Å². The number of likely N-dealkylation sites (tertiary alicyclic amines) is 1. The van der Waals surface area contributed by atoms with Crippen LogP contribution in [0.25, 0.3) is 0 Å². The zero-order chi connectivity index (χ0) is 26.1. The third kappa shape index (κ3) is 7.92. The Morgan fingerprint density at radius 1 is 1.13 bits per heavy atom. The molecule has 0 radical (unpaired) electrons. The number of hydrogen-bond donors (Lipinski definition) is 1. The molecule has 3 aliphatic carbocycles. The normalized spacial score (nSPS) is 28.8. The SMILES string of the molecule is Br.C.C.CC(=O)C(C)C.CCC(C)CC(=O)N1CC2C(C(=O)NC(C)(C)C3=CCC4(C)C=CC=CC34)[C@@H]2C1.[HH]. The lowest BCUT2D eigenvalue weighted by molar-refractivity contribution is -0.133. The summed E-state index contributed by atoms with van der Waals surface area (Å²) in [6, 6.07) is 0. The molecule has 6 atom stereocenters. The van der Waals surface area contributed by atoms with Gasteiger partial charge < -0.3 is 10.2 Å². The van der Waals surface area contributed by atoms with Gasteiger partial charge in [-0.2, -0.15) is 0 Å². The van der Waals surface area contributed by atoms with Crippen LogP contribution in [0.3, 0.4) is 0 Å². The van der Waals surface area contributed by atoms with E-state index in [1.54, 1.807) is 6.92 Å². The molecule has 0 aromatic rings. The lowest BCUT2D eigenvalue weighted by Gasteiger charge is -2.37. The second kappa shape index (κ2) is 14.1. The number of ketones is 1. The Labute approximate surface area is 245 Å². The molecule has 1 heterocycles. The van der Waals surface area contributed by atoms with Crippen LogP contribution in [-0.4, -0.2) is 41.1 Å². The van der Waals surface area contributed by atoms with Crippen LogP contribution < -0.4 is 5.32 Å². The number of carbonyl (C=O) groups excluding carboxylic acids is 3. The second-order valence-electron chi connectivity index (χ2n) is 12.3. The summed E-state index contributed by atoms with van der Waals surface area (Å²) in [4.78, 5) is 37.6. The van der Waals surface area contributed by atoms with Crippen molar-refractivity contribution in [3.05, 3.63) is 36.0 Å². The molecule has 38 heavy (non-hydrogen) atoms. The molecule has 0 bridgehead atoms. The van der Waals surface area contributed by atoms with Gasteiger partial charge in [-0.25, -0.2) is 0 Å². The van der Waals surface area contributed by atoms with E-state index in [9.17, 15) is 14.4 Å². The third-order valence-corrected chi connectivity index (χ3v) is 8.74. The smallest absolute Gasteiger partial charge is 0.224 e. The molecule has 5 nitrogen and oxygen atoms in total. The predicted octanol–water partition coefficient (Wildman–Crippen LogP) is 7.43. The predicted molar refractivity (Wildman–Crippen MR) is 167 cm³/mol. The largest absolute Gasteiger partial charge is 0.347 e. The van der Waals surface area contributed by atoms with Gasteiger partial charge in [-0.1, -0.05) is 86.3 Å². The number of nitrogens with zero attached hydrogens (tertiary/aromatic N) is 1. The molecule has 0 aromatic heterocycles. The second-order valence-corrected chi connectivity index (χ2v) is 12.3. The third-order valence-electron chi connectivity index (χ3n) is 8.74. The number of Topliss-reactive ketones (excluding diaryl/α,β-unsaturated/α-hetero) is 1. The van der Waals surface area contributed by atoms with Crippen molar-refractivity contribution in [3.8, 4) is 0 Å². The molecule has 0 aromatic carbocycles. The number of halogens is 1. The van der Waals surface area contributed by atoms with E-state index >= 15 is 0 Å². The fourth-order valence-electron chi connectivity index (χ4n) is 5.68. The molecule has 1 N–H and O–H groups in total. The molecule has 4 aliphatic rings. The minimum absolute atomic E-state index is 0. The van der Waals surface area contributed by atoms with Gasteiger partial charge in [0.15, 0.2) is 0 Å². The standard InChI is InChI=1S/C25H36N2O2.C5H10O.2CH4.BrH.H2/c1-6-16(2)13-21(28)27-14-17-18(15-27)22(17)23(29)26-24(3,4)19-10-12-25(5)11-8-7-9-20(19)25;1-4(2)5(3)6;;;;/h7-11,16-18,20,22H,6,12-15H2,1-5H3,(H,26,29);4H,1-3H3;2*1H4;2*1H/t16?,17-,18?,20?,22?,25?;;;;;/m1...../s1. The maximum atomic E-state index is 13.1. The van der Waals surface area contributed by atoms with Crippen molar-refractivity contribution in [1.82, 2.24) is 10.2 Å². The van der Waals surface area contributed by atoms with Crippen LogP contribution in [0.1, 0.15) is 90.9 Å². The van der Waals surface area contributed by atoms with E-state index < -0.39 is 0 Å². The Bertz CT molecular complexity index is 930. The van der Waals surface area contributed by atoms with Crippen molar-refractivity contribution in [2.45, 2.75) is 95.0 Å². The molecule has 2 amide bonds. The van der Waals surface area contributed by atoms with Gasteiger partial charge in [-0.3, -0.25) is 14.4 Å².